The fourth-order valence-corrected chi connectivity index (χ4v) is 5.35. The lowest BCUT2D eigenvalue weighted by atomic mass is 10.1. The van der Waals surface area contributed by atoms with Crippen molar-refractivity contribution in [1.29, 1.82) is 0 Å². The average molecular weight is 564 g/mol. The number of nitro groups is 1. The van der Waals surface area contributed by atoms with Crippen LogP contribution < -0.4 is 19.9 Å². The molecular formula is C29H30ClN5O5. The Hall–Kier alpha value is -4.31. The number of amides is 2. The minimum absolute atomic E-state index is 0.0590. The summed E-state index contributed by atoms with van der Waals surface area (Å²) < 4.78 is 5.33. The molecule has 2 heterocycles. The van der Waals surface area contributed by atoms with Gasteiger partial charge < -0.3 is 24.8 Å². The van der Waals surface area contributed by atoms with E-state index in [1.165, 1.54) is 13.2 Å². The molecule has 0 spiro atoms. The number of carbonyl (C=O) groups excluding carboxylic acids is 2. The van der Waals surface area contributed by atoms with Crippen LogP contribution >= 0.6 is 11.6 Å². The van der Waals surface area contributed by atoms with E-state index < -0.39 is 10.8 Å². The van der Waals surface area contributed by atoms with Crippen LogP contribution in [-0.2, 0) is 0 Å². The molecule has 0 atom stereocenters. The van der Waals surface area contributed by atoms with Crippen molar-refractivity contribution in [2.75, 3.05) is 61.5 Å². The quantitative estimate of drug-likeness (QED) is 0.316. The molecular weight excluding hydrogens is 534 g/mol. The molecule has 208 valence electrons. The lowest BCUT2D eigenvalue weighted by Gasteiger charge is -2.36. The summed E-state index contributed by atoms with van der Waals surface area (Å²) in [5.41, 5.74) is 2.72. The van der Waals surface area contributed by atoms with Crippen LogP contribution in [0, 0.1) is 10.1 Å². The Bertz CT molecular complexity index is 1420. The predicted molar refractivity (Wildman–Crippen MR) is 155 cm³/mol. The van der Waals surface area contributed by atoms with Crippen molar-refractivity contribution < 1.29 is 19.2 Å². The van der Waals surface area contributed by atoms with Gasteiger partial charge in [0.25, 0.3) is 17.5 Å². The molecule has 0 saturated carbocycles. The van der Waals surface area contributed by atoms with Crippen LogP contribution in [0.3, 0.4) is 0 Å². The molecule has 3 aromatic carbocycles. The van der Waals surface area contributed by atoms with Gasteiger partial charge in [0.1, 0.15) is 11.4 Å². The molecule has 10 nitrogen and oxygen atoms in total. The van der Waals surface area contributed by atoms with E-state index in [1.807, 2.05) is 17.0 Å². The van der Waals surface area contributed by atoms with Crippen molar-refractivity contribution in [3.63, 3.8) is 0 Å². The lowest BCUT2D eigenvalue weighted by Crippen LogP contribution is -2.48. The molecule has 0 aliphatic carbocycles. The van der Waals surface area contributed by atoms with E-state index in [0.717, 1.165) is 31.6 Å². The van der Waals surface area contributed by atoms with Crippen LogP contribution in [0.4, 0.5) is 22.7 Å². The molecule has 2 aliphatic heterocycles. The van der Waals surface area contributed by atoms with Crippen molar-refractivity contribution in [2.45, 2.75) is 12.8 Å². The van der Waals surface area contributed by atoms with E-state index >= 15 is 0 Å². The van der Waals surface area contributed by atoms with Crippen molar-refractivity contribution in [2.24, 2.45) is 0 Å². The number of nitrogens with zero attached hydrogens (tertiary/aromatic N) is 4. The molecule has 2 saturated heterocycles. The molecule has 0 unspecified atom stereocenters. The monoisotopic (exact) mass is 563 g/mol. The highest BCUT2D eigenvalue weighted by atomic mass is 35.5. The van der Waals surface area contributed by atoms with E-state index in [0.29, 0.717) is 53.9 Å². The maximum absolute atomic E-state index is 13.1. The fraction of sp³-hybridized carbons (Fsp3) is 0.310. The second-order valence-electron chi connectivity index (χ2n) is 9.78. The molecule has 11 heteroatoms. The Morgan fingerprint density at radius 2 is 1.60 bits per heavy atom. The van der Waals surface area contributed by atoms with Gasteiger partial charge in [0.05, 0.1) is 17.6 Å². The van der Waals surface area contributed by atoms with Crippen LogP contribution in [0.5, 0.6) is 5.75 Å². The van der Waals surface area contributed by atoms with Gasteiger partial charge in [-0.1, -0.05) is 11.6 Å². The van der Waals surface area contributed by atoms with Crippen molar-refractivity contribution in [3.05, 3.63) is 86.9 Å². The highest BCUT2D eigenvalue weighted by Crippen LogP contribution is 2.32. The van der Waals surface area contributed by atoms with E-state index in [1.54, 1.807) is 47.4 Å². The maximum atomic E-state index is 13.1. The Labute approximate surface area is 237 Å². The third-order valence-electron chi connectivity index (χ3n) is 7.33. The molecule has 0 aromatic heterocycles. The standard InChI is InChI=1S/C29H30ClN5O5/c1-40-27-11-5-21(30)19-24(27)29(37)34-16-14-32(15-17-34)23-8-6-22(7-9-23)31-28(36)20-4-10-25(26(18-20)35(38)39)33-12-2-3-13-33/h4-11,18-19H,2-3,12-17H2,1H3,(H,31,36). The molecule has 0 radical (unpaired) electrons. The number of hydrogen-bond acceptors (Lipinski definition) is 7. The first kappa shape index (κ1) is 27.3. The second kappa shape index (κ2) is 11.8. The van der Waals surface area contributed by atoms with Gasteiger partial charge in [-0.25, -0.2) is 0 Å². The molecule has 2 aliphatic rings. The summed E-state index contributed by atoms with van der Waals surface area (Å²) in [6.07, 6.45) is 2.00. The summed E-state index contributed by atoms with van der Waals surface area (Å²) >= 11 is 6.10. The SMILES string of the molecule is COc1ccc(Cl)cc1C(=O)N1CCN(c2ccc(NC(=O)c3ccc(N4CCCC4)c([N+](=O)[O-])c3)cc2)CC1. The Kier molecular flexibility index (Phi) is 8.06. The van der Waals surface area contributed by atoms with E-state index in [9.17, 15) is 19.7 Å². The van der Waals surface area contributed by atoms with Crippen LogP contribution in [0.15, 0.2) is 60.7 Å². The number of hydrogen-bond donors (Lipinski definition) is 1. The molecule has 2 amide bonds. The Balaban J connectivity index is 1.20. The molecule has 2 fully saturated rings. The molecule has 40 heavy (non-hydrogen) atoms. The zero-order valence-electron chi connectivity index (χ0n) is 22.1. The normalized spacial score (nSPS) is 15.2. The fourth-order valence-electron chi connectivity index (χ4n) is 5.18. The number of halogens is 1. The summed E-state index contributed by atoms with van der Waals surface area (Å²) in [6, 6.07) is 17.1. The highest BCUT2D eigenvalue weighted by molar-refractivity contribution is 6.31. The van der Waals surface area contributed by atoms with Crippen molar-refractivity contribution >= 4 is 46.2 Å². The first-order chi connectivity index (χ1) is 19.3. The molecule has 0 bridgehead atoms. The molecule has 5 rings (SSSR count). The van der Waals surface area contributed by atoms with Gasteiger partial charge in [-0.15, -0.1) is 0 Å². The van der Waals surface area contributed by atoms with Crippen LogP contribution in [0.1, 0.15) is 33.6 Å². The van der Waals surface area contributed by atoms with Crippen molar-refractivity contribution in [3.8, 4) is 5.75 Å². The summed E-state index contributed by atoms with van der Waals surface area (Å²) in [5.74, 6) is -0.0373. The van der Waals surface area contributed by atoms with Gasteiger partial charge >= 0.3 is 0 Å². The zero-order valence-corrected chi connectivity index (χ0v) is 22.9. The second-order valence-corrected chi connectivity index (χ2v) is 10.2. The number of methoxy groups -OCH3 is 1. The zero-order chi connectivity index (χ0) is 28.2. The number of nitro benzene ring substituents is 1. The van der Waals surface area contributed by atoms with Gasteiger partial charge in [0.15, 0.2) is 0 Å². The Morgan fingerprint density at radius 3 is 2.25 bits per heavy atom. The van der Waals surface area contributed by atoms with E-state index in [2.05, 4.69) is 10.2 Å². The lowest BCUT2D eigenvalue weighted by molar-refractivity contribution is -0.384. The number of benzene rings is 3. The highest BCUT2D eigenvalue weighted by Gasteiger charge is 2.26. The van der Waals surface area contributed by atoms with Gasteiger partial charge in [0.2, 0.25) is 0 Å². The van der Waals surface area contributed by atoms with Crippen molar-refractivity contribution in [1.82, 2.24) is 4.90 Å². The van der Waals surface area contributed by atoms with Crippen LogP contribution in [0.2, 0.25) is 5.02 Å². The topological polar surface area (TPSA) is 108 Å². The predicted octanol–water partition coefficient (Wildman–Crippen LogP) is 5.07. The molecule has 3 aromatic rings. The number of anilines is 3. The smallest absolute Gasteiger partial charge is 0.293 e. The van der Waals surface area contributed by atoms with E-state index in [-0.39, 0.29) is 17.2 Å². The number of nitrogens with one attached hydrogen (secondary N) is 1. The first-order valence-corrected chi connectivity index (χ1v) is 13.5. The summed E-state index contributed by atoms with van der Waals surface area (Å²) in [6.45, 7) is 3.93. The van der Waals surface area contributed by atoms with Gasteiger partial charge in [0, 0.05) is 67.3 Å². The van der Waals surface area contributed by atoms with Gasteiger partial charge in [-0.2, -0.15) is 0 Å². The summed E-state index contributed by atoms with van der Waals surface area (Å²) in [5, 5.41) is 15.0. The number of piperazine rings is 1. The number of rotatable bonds is 7. The van der Waals surface area contributed by atoms with Crippen LogP contribution in [-0.4, -0.2) is 68.0 Å². The summed E-state index contributed by atoms with van der Waals surface area (Å²) in [7, 11) is 1.53. The van der Waals surface area contributed by atoms with Gasteiger partial charge in [-0.3, -0.25) is 19.7 Å². The molecule has 1 N–H and O–H groups in total. The number of carbonyl (C=O) groups is 2. The minimum Gasteiger partial charge on any atom is -0.496 e. The average Bonchev–Trinajstić information content (AvgIpc) is 3.52. The van der Waals surface area contributed by atoms with E-state index in [4.69, 9.17) is 16.3 Å². The third-order valence-corrected chi connectivity index (χ3v) is 7.57. The largest absolute Gasteiger partial charge is 0.496 e. The Morgan fingerprint density at radius 1 is 0.900 bits per heavy atom. The minimum atomic E-state index is -0.433. The first-order valence-electron chi connectivity index (χ1n) is 13.2. The van der Waals surface area contributed by atoms with Crippen LogP contribution in [0.25, 0.3) is 0 Å². The summed E-state index contributed by atoms with van der Waals surface area (Å²) in [4.78, 5) is 43.1. The third kappa shape index (κ3) is 5.81. The number of ether oxygens (including phenoxy) is 1. The van der Waals surface area contributed by atoms with Gasteiger partial charge in [-0.05, 0) is 67.4 Å². The maximum Gasteiger partial charge on any atom is 0.293 e.